The number of hydrogen-bond acceptors (Lipinski definition) is 3. The normalized spacial score (nSPS) is 11.1. The molecule has 0 unspecified atom stereocenters. The number of hydrogen-bond donors (Lipinski definition) is 2. The fraction of sp³-hybridized carbons (Fsp3) is 0.125. The van der Waals surface area contributed by atoms with Gasteiger partial charge in [-0.25, -0.2) is 8.42 Å². The molecular weight excluding hydrogens is 331 g/mol. The van der Waals surface area contributed by atoms with E-state index in [1.54, 1.807) is 22.9 Å². The second-order valence-corrected chi connectivity index (χ2v) is 5.74. The van der Waals surface area contributed by atoms with Crippen LogP contribution in [0.3, 0.4) is 0 Å². The largest absolute Gasteiger partial charge is 0.326 e. The zero-order valence-electron chi connectivity index (χ0n) is 7.82. The third kappa shape index (κ3) is 3.43. The van der Waals surface area contributed by atoms with Crippen LogP contribution in [0.1, 0.15) is 6.92 Å². The third-order valence-corrected chi connectivity index (χ3v) is 4.42. The van der Waals surface area contributed by atoms with Crippen molar-refractivity contribution in [1.29, 1.82) is 0 Å². The van der Waals surface area contributed by atoms with E-state index in [1.807, 2.05) is 0 Å². The molecule has 0 atom stereocenters. The Hall–Kier alpha value is -0.670. The quantitative estimate of drug-likeness (QED) is 0.643. The summed E-state index contributed by atoms with van der Waals surface area (Å²) in [6.07, 6.45) is 0. The van der Waals surface area contributed by atoms with Gasteiger partial charge >= 0.3 is 0 Å². The van der Waals surface area contributed by atoms with Gasteiger partial charge in [-0.3, -0.25) is 4.79 Å². The summed E-state index contributed by atoms with van der Waals surface area (Å²) < 4.78 is 24.8. The van der Waals surface area contributed by atoms with E-state index >= 15 is 0 Å². The smallest absolute Gasteiger partial charge is 0.249 e. The van der Waals surface area contributed by atoms with E-state index in [-0.39, 0.29) is 10.8 Å². The van der Waals surface area contributed by atoms with Crippen molar-refractivity contribution < 1.29 is 13.2 Å². The maximum Gasteiger partial charge on any atom is 0.249 e. The summed E-state index contributed by atoms with van der Waals surface area (Å²) in [5, 5.41) is 2.55. The van der Waals surface area contributed by atoms with E-state index in [2.05, 4.69) is 8.25 Å². The van der Waals surface area contributed by atoms with E-state index in [9.17, 15) is 13.2 Å². The SMILES string of the molecule is CC(=O)Nc1ccc(S(=O)(=O)NI)cc1. The Kier molecular flexibility index (Phi) is 4.05. The molecule has 2 N–H and O–H groups in total. The standard InChI is InChI=1S/C8H9IN2O3S/c1-6(12)10-7-2-4-8(5-3-7)15(13,14)11-9/h2-5,11H,1H3,(H,10,12). The first-order valence-corrected chi connectivity index (χ1v) is 6.52. The second kappa shape index (κ2) is 4.90. The lowest BCUT2D eigenvalue weighted by Gasteiger charge is -2.04. The molecule has 0 aliphatic heterocycles. The first-order chi connectivity index (χ1) is 6.95. The summed E-state index contributed by atoms with van der Waals surface area (Å²) in [5.41, 5.74) is 0.565. The van der Waals surface area contributed by atoms with Crippen LogP contribution in [0.4, 0.5) is 5.69 Å². The minimum Gasteiger partial charge on any atom is -0.326 e. The fourth-order valence-corrected chi connectivity index (χ4v) is 2.31. The number of halogens is 1. The van der Waals surface area contributed by atoms with Crippen LogP contribution in [-0.4, -0.2) is 14.3 Å². The molecule has 5 nitrogen and oxygen atoms in total. The highest BCUT2D eigenvalue weighted by Crippen LogP contribution is 2.14. The Morgan fingerprint density at radius 2 is 1.80 bits per heavy atom. The molecule has 1 rings (SSSR count). The van der Waals surface area contributed by atoms with Crippen LogP contribution in [0.25, 0.3) is 0 Å². The van der Waals surface area contributed by atoms with Crippen LogP contribution in [0, 0.1) is 0 Å². The van der Waals surface area contributed by atoms with Crippen LogP contribution in [0.5, 0.6) is 0 Å². The Morgan fingerprint density at radius 1 is 1.27 bits per heavy atom. The highest BCUT2D eigenvalue weighted by molar-refractivity contribution is 14.1. The van der Waals surface area contributed by atoms with Gasteiger partial charge in [-0.05, 0) is 24.3 Å². The number of rotatable bonds is 3. The molecule has 0 aliphatic rings. The molecule has 0 saturated carbocycles. The van der Waals surface area contributed by atoms with E-state index < -0.39 is 10.0 Å². The highest BCUT2D eigenvalue weighted by Gasteiger charge is 2.11. The van der Waals surface area contributed by atoms with Gasteiger partial charge in [-0.2, -0.15) is 2.94 Å². The average Bonchev–Trinajstić information content (AvgIpc) is 2.18. The number of amides is 1. The minimum atomic E-state index is -3.42. The number of nitrogens with one attached hydrogen (secondary N) is 2. The van der Waals surface area contributed by atoms with Crippen molar-refractivity contribution in [3.63, 3.8) is 0 Å². The number of carbonyl (C=O) groups excluding carboxylic acids is 1. The van der Waals surface area contributed by atoms with Crippen molar-refractivity contribution in [2.75, 3.05) is 5.32 Å². The summed E-state index contributed by atoms with van der Waals surface area (Å²) in [6.45, 7) is 1.39. The average molecular weight is 340 g/mol. The lowest BCUT2D eigenvalue weighted by Crippen LogP contribution is -2.13. The number of carbonyl (C=O) groups is 1. The highest BCUT2D eigenvalue weighted by atomic mass is 127. The second-order valence-electron chi connectivity index (χ2n) is 2.79. The third-order valence-electron chi connectivity index (χ3n) is 1.59. The van der Waals surface area contributed by atoms with Gasteiger partial charge in [0.15, 0.2) is 0 Å². The van der Waals surface area contributed by atoms with Gasteiger partial charge in [0.2, 0.25) is 15.9 Å². The summed E-state index contributed by atoms with van der Waals surface area (Å²) >= 11 is 1.55. The molecule has 0 bridgehead atoms. The molecule has 0 aromatic heterocycles. The predicted molar refractivity (Wildman–Crippen MR) is 65.1 cm³/mol. The summed E-state index contributed by atoms with van der Waals surface area (Å²) in [6, 6.07) is 5.91. The topological polar surface area (TPSA) is 75.3 Å². The van der Waals surface area contributed by atoms with E-state index in [1.165, 1.54) is 31.2 Å². The Balaban J connectivity index is 2.95. The Bertz CT molecular complexity index is 455. The lowest BCUT2D eigenvalue weighted by molar-refractivity contribution is -0.114. The molecule has 0 radical (unpaired) electrons. The summed E-state index contributed by atoms with van der Waals surface area (Å²) in [4.78, 5) is 10.9. The lowest BCUT2D eigenvalue weighted by atomic mass is 10.3. The number of sulfonamides is 1. The van der Waals surface area contributed by atoms with Gasteiger partial charge in [0.05, 0.1) is 4.90 Å². The molecule has 15 heavy (non-hydrogen) atoms. The fourth-order valence-electron chi connectivity index (χ4n) is 0.965. The monoisotopic (exact) mass is 340 g/mol. The predicted octanol–water partition coefficient (Wildman–Crippen LogP) is 1.27. The van der Waals surface area contributed by atoms with E-state index in [0.29, 0.717) is 5.69 Å². The minimum absolute atomic E-state index is 0.158. The van der Waals surface area contributed by atoms with Crippen molar-refractivity contribution >= 4 is 44.5 Å². The molecule has 1 aromatic rings. The molecule has 7 heteroatoms. The molecule has 0 saturated heterocycles. The zero-order valence-corrected chi connectivity index (χ0v) is 10.8. The molecule has 0 heterocycles. The van der Waals surface area contributed by atoms with Gasteiger partial charge in [0, 0.05) is 35.5 Å². The molecular formula is C8H9IN2O3S. The van der Waals surface area contributed by atoms with Crippen LogP contribution in [0.15, 0.2) is 29.2 Å². The first kappa shape index (κ1) is 12.4. The van der Waals surface area contributed by atoms with Crippen LogP contribution < -0.4 is 8.25 Å². The molecule has 0 aliphatic carbocycles. The molecule has 1 amide bonds. The van der Waals surface area contributed by atoms with Crippen molar-refractivity contribution in [2.45, 2.75) is 11.8 Å². The van der Waals surface area contributed by atoms with Gasteiger partial charge in [0.25, 0.3) is 0 Å². The van der Waals surface area contributed by atoms with Crippen molar-refractivity contribution in [3.05, 3.63) is 24.3 Å². The number of anilines is 1. The van der Waals surface area contributed by atoms with E-state index in [4.69, 9.17) is 0 Å². The molecule has 82 valence electrons. The zero-order chi connectivity index (χ0) is 11.5. The summed E-state index contributed by atoms with van der Waals surface area (Å²) in [7, 11) is -3.42. The summed E-state index contributed by atoms with van der Waals surface area (Å²) in [5.74, 6) is -0.197. The van der Waals surface area contributed by atoms with Crippen molar-refractivity contribution in [3.8, 4) is 0 Å². The first-order valence-electron chi connectivity index (χ1n) is 3.96. The van der Waals surface area contributed by atoms with Crippen LogP contribution >= 0.6 is 22.9 Å². The van der Waals surface area contributed by atoms with Gasteiger partial charge in [-0.1, -0.05) is 0 Å². The molecule has 0 spiro atoms. The van der Waals surface area contributed by atoms with Crippen LogP contribution in [-0.2, 0) is 14.8 Å². The Labute approximate surface area is 102 Å². The van der Waals surface area contributed by atoms with Crippen molar-refractivity contribution in [1.82, 2.24) is 2.94 Å². The van der Waals surface area contributed by atoms with Gasteiger partial charge in [-0.15, -0.1) is 0 Å². The molecule has 1 aromatic carbocycles. The maximum absolute atomic E-state index is 11.3. The maximum atomic E-state index is 11.3. The van der Waals surface area contributed by atoms with Gasteiger partial charge < -0.3 is 5.32 Å². The van der Waals surface area contributed by atoms with E-state index in [0.717, 1.165) is 0 Å². The number of benzene rings is 1. The van der Waals surface area contributed by atoms with Crippen molar-refractivity contribution in [2.24, 2.45) is 0 Å². The van der Waals surface area contributed by atoms with Crippen LogP contribution in [0.2, 0.25) is 0 Å². The van der Waals surface area contributed by atoms with Gasteiger partial charge in [0.1, 0.15) is 0 Å². The Morgan fingerprint density at radius 3 is 2.20 bits per heavy atom. The molecule has 0 fully saturated rings.